The SMILES string of the molecule is COc1ccc(-c2cnc3c(Nc4cc(F)c(C(=O)N5CCN(C(=O)[C@@H]6C[C@@H](O)CN6)CC5)c(F)c4)nccn23)c(F)c1F.Cl.Cl. The average Bonchev–Trinajstić information content (AvgIpc) is 3.65. The molecule has 3 N–H and O–H groups in total. The van der Waals surface area contributed by atoms with E-state index in [1.54, 1.807) is 4.90 Å². The number of halogens is 6. The summed E-state index contributed by atoms with van der Waals surface area (Å²) in [6, 6.07) is 4.01. The van der Waals surface area contributed by atoms with Gasteiger partial charge in [0.1, 0.15) is 17.2 Å². The minimum atomic E-state index is -1.16. The van der Waals surface area contributed by atoms with Gasteiger partial charge in [-0.1, -0.05) is 0 Å². The molecule has 2 fully saturated rings. The molecule has 2 aliphatic heterocycles. The van der Waals surface area contributed by atoms with E-state index >= 15 is 8.78 Å². The summed E-state index contributed by atoms with van der Waals surface area (Å²) in [5, 5.41) is 15.4. The molecule has 0 radical (unpaired) electrons. The molecule has 246 valence electrons. The Bertz CT molecular complexity index is 1750. The zero-order valence-corrected chi connectivity index (χ0v) is 25.8. The summed E-state index contributed by atoms with van der Waals surface area (Å²) in [6.07, 6.45) is 3.83. The van der Waals surface area contributed by atoms with E-state index < -0.39 is 46.9 Å². The number of fused-ring (bicyclic) bond motifs is 1. The maximum atomic E-state index is 15.2. The summed E-state index contributed by atoms with van der Waals surface area (Å²) in [5.74, 6) is -5.73. The Labute approximate surface area is 272 Å². The van der Waals surface area contributed by atoms with Crippen molar-refractivity contribution in [1.82, 2.24) is 29.5 Å². The van der Waals surface area contributed by atoms with Gasteiger partial charge in [-0.15, -0.1) is 24.8 Å². The number of nitrogens with zero attached hydrogens (tertiary/aromatic N) is 5. The van der Waals surface area contributed by atoms with E-state index in [-0.39, 0.29) is 91.1 Å². The number of ether oxygens (including phenoxy) is 1. The van der Waals surface area contributed by atoms with Crippen molar-refractivity contribution in [3.8, 4) is 17.0 Å². The van der Waals surface area contributed by atoms with Crippen LogP contribution >= 0.6 is 24.8 Å². The molecule has 0 spiro atoms. The Morgan fingerprint density at radius 1 is 1.00 bits per heavy atom. The van der Waals surface area contributed by atoms with Crippen molar-refractivity contribution >= 4 is 53.8 Å². The molecular formula is C29H29Cl2F4N7O4. The number of anilines is 2. The van der Waals surface area contributed by atoms with Crippen LogP contribution in [0.2, 0.25) is 0 Å². The number of benzene rings is 2. The van der Waals surface area contributed by atoms with Crippen molar-refractivity contribution in [3.63, 3.8) is 0 Å². The fraction of sp³-hybridized carbons (Fsp3) is 0.310. The fourth-order valence-electron chi connectivity index (χ4n) is 5.49. The predicted molar refractivity (Wildman–Crippen MR) is 164 cm³/mol. The van der Waals surface area contributed by atoms with Gasteiger partial charge in [0, 0.05) is 56.4 Å². The molecule has 2 aromatic carbocycles. The molecular weight excluding hydrogens is 657 g/mol. The van der Waals surface area contributed by atoms with E-state index in [1.807, 2.05) is 0 Å². The molecule has 4 heterocycles. The number of imidazole rings is 1. The minimum absolute atomic E-state index is 0. The number of amides is 2. The summed E-state index contributed by atoms with van der Waals surface area (Å²) in [7, 11) is 1.22. The number of nitrogens with one attached hydrogen (secondary N) is 2. The standard InChI is InChI=1S/C29H27F4N7O4.2ClH/c1-44-22-3-2-17(24(32)25(22)33)21-14-36-27-26(34-4-5-40(21)27)37-15-10-18(30)23(19(31)11-15)29(43)39-8-6-38(7-9-39)28(42)20-12-16(41)13-35-20;;/h2-5,10-11,14,16,20,35,41H,6-9,12-13H2,1H3,(H,34,37);2*1H/t16-,20+;;/m1../s1. The van der Waals surface area contributed by atoms with Crippen LogP contribution in [0.3, 0.4) is 0 Å². The normalized spacial score (nSPS) is 17.8. The fourth-order valence-corrected chi connectivity index (χ4v) is 5.49. The van der Waals surface area contributed by atoms with E-state index in [2.05, 4.69) is 20.6 Å². The van der Waals surface area contributed by atoms with E-state index in [0.717, 1.165) is 12.1 Å². The summed E-state index contributed by atoms with van der Waals surface area (Å²) in [5.41, 5.74) is -0.533. The number of aromatic nitrogens is 3. The van der Waals surface area contributed by atoms with Crippen LogP contribution in [0.4, 0.5) is 29.1 Å². The highest BCUT2D eigenvalue weighted by Crippen LogP contribution is 2.32. The topological polar surface area (TPSA) is 124 Å². The second-order valence-electron chi connectivity index (χ2n) is 10.5. The first-order valence-corrected chi connectivity index (χ1v) is 13.8. The average molecular weight is 686 g/mol. The molecule has 2 saturated heterocycles. The summed E-state index contributed by atoms with van der Waals surface area (Å²) in [4.78, 5) is 37.0. The van der Waals surface area contributed by atoms with E-state index in [9.17, 15) is 23.5 Å². The highest BCUT2D eigenvalue weighted by molar-refractivity contribution is 5.95. The number of β-amino-alcohol motifs (C(OH)–C–C–N with tert-alkyl or cyclic N) is 1. The lowest BCUT2D eigenvalue weighted by Gasteiger charge is -2.36. The Kier molecular flexibility index (Phi) is 10.6. The zero-order chi connectivity index (χ0) is 31.1. The number of hydrogen-bond donors (Lipinski definition) is 3. The first-order valence-electron chi connectivity index (χ1n) is 13.8. The van der Waals surface area contributed by atoms with Gasteiger partial charge in [-0.2, -0.15) is 4.39 Å². The maximum absolute atomic E-state index is 15.2. The lowest BCUT2D eigenvalue weighted by Crippen LogP contribution is -2.54. The van der Waals surface area contributed by atoms with Gasteiger partial charge >= 0.3 is 0 Å². The van der Waals surface area contributed by atoms with Crippen LogP contribution in [0.5, 0.6) is 5.75 Å². The third-order valence-corrected chi connectivity index (χ3v) is 7.77. The Hall–Kier alpha value is -4.18. The van der Waals surface area contributed by atoms with E-state index in [0.29, 0.717) is 13.0 Å². The van der Waals surface area contributed by atoms with Gasteiger partial charge in [-0.3, -0.25) is 14.0 Å². The van der Waals surface area contributed by atoms with Crippen LogP contribution in [-0.4, -0.2) is 93.1 Å². The lowest BCUT2D eigenvalue weighted by molar-refractivity contribution is -0.134. The number of rotatable bonds is 6. The second kappa shape index (κ2) is 14.1. The number of piperazine rings is 1. The Balaban J connectivity index is 0.00000240. The molecule has 2 amide bonds. The first-order chi connectivity index (χ1) is 21.2. The number of carbonyl (C=O) groups is 2. The van der Waals surface area contributed by atoms with Gasteiger partial charge < -0.3 is 30.3 Å². The summed E-state index contributed by atoms with van der Waals surface area (Å²) in [6.45, 7) is 0.891. The molecule has 2 aromatic heterocycles. The molecule has 4 aromatic rings. The molecule has 0 bridgehead atoms. The monoisotopic (exact) mass is 685 g/mol. The van der Waals surface area contributed by atoms with Gasteiger partial charge in [0.25, 0.3) is 5.91 Å². The third-order valence-electron chi connectivity index (χ3n) is 7.77. The summed E-state index contributed by atoms with van der Waals surface area (Å²) < 4.78 is 65.8. The van der Waals surface area contributed by atoms with E-state index in [1.165, 1.54) is 47.1 Å². The van der Waals surface area contributed by atoms with Crippen molar-refractivity contribution in [2.24, 2.45) is 0 Å². The number of hydrogen-bond acceptors (Lipinski definition) is 8. The second-order valence-corrected chi connectivity index (χ2v) is 10.5. The molecule has 0 unspecified atom stereocenters. The molecule has 46 heavy (non-hydrogen) atoms. The van der Waals surface area contributed by atoms with Crippen molar-refractivity contribution in [3.05, 3.63) is 71.7 Å². The van der Waals surface area contributed by atoms with Crippen molar-refractivity contribution < 1.29 is 37.0 Å². The number of aliphatic hydroxyl groups is 1. The molecule has 2 aliphatic rings. The minimum Gasteiger partial charge on any atom is -0.494 e. The molecule has 0 saturated carbocycles. The van der Waals surface area contributed by atoms with Gasteiger partial charge in [-0.25, -0.2) is 23.1 Å². The maximum Gasteiger partial charge on any atom is 0.259 e. The van der Waals surface area contributed by atoms with Crippen LogP contribution in [0, 0.1) is 23.3 Å². The smallest absolute Gasteiger partial charge is 0.259 e. The zero-order valence-electron chi connectivity index (χ0n) is 24.2. The van der Waals surface area contributed by atoms with Crippen LogP contribution in [0.25, 0.3) is 16.9 Å². The van der Waals surface area contributed by atoms with Gasteiger partial charge in [0.2, 0.25) is 11.7 Å². The molecule has 11 nitrogen and oxygen atoms in total. The molecule has 0 aliphatic carbocycles. The van der Waals surface area contributed by atoms with Crippen molar-refractivity contribution in [2.45, 2.75) is 18.6 Å². The Morgan fingerprint density at radius 3 is 2.30 bits per heavy atom. The summed E-state index contributed by atoms with van der Waals surface area (Å²) >= 11 is 0. The quantitative estimate of drug-likeness (QED) is 0.264. The molecule has 17 heteroatoms. The highest BCUT2D eigenvalue weighted by Gasteiger charge is 2.34. The van der Waals surface area contributed by atoms with Crippen molar-refractivity contribution in [1.29, 1.82) is 0 Å². The predicted octanol–water partition coefficient (Wildman–Crippen LogP) is 3.56. The van der Waals surface area contributed by atoms with Crippen LogP contribution in [-0.2, 0) is 4.79 Å². The van der Waals surface area contributed by atoms with Crippen LogP contribution in [0.1, 0.15) is 16.8 Å². The van der Waals surface area contributed by atoms with Gasteiger partial charge in [0.15, 0.2) is 23.0 Å². The highest BCUT2D eigenvalue weighted by atomic mass is 35.5. The first kappa shape index (κ1) is 34.7. The number of aliphatic hydroxyl groups excluding tert-OH is 1. The molecule has 6 rings (SSSR count). The lowest BCUT2D eigenvalue weighted by atomic mass is 10.1. The Morgan fingerprint density at radius 2 is 1.67 bits per heavy atom. The third kappa shape index (κ3) is 6.40. The molecule has 2 atom stereocenters. The van der Waals surface area contributed by atoms with E-state index in [4.69, 9.17) is 4.74 Å². The largest absolute Gasteiger partial charge is 0.494 e. The van der Waals surface area contributed by atoms with Gasteiger partial charge in [-0.05, 0) is 30.7 Å². The number of methoxy groups -OCH3 is 1. The van der Waals surface area contributed by atoms with Gasteiger partial charge in [0.05, 0.1) is 31.1 Å². The van der Waals surface area contributed by atoms with Crippen molar-refractivity contribution in [2.75, 3.05) is 45.2 Å². The van der Waals surface area contributed by atoms with Crippen LogP contribution in [0.15, 0.2) is 42.9 Å². The number of carbonyl (C=O) groups excluding carboxylic acids is 2. The van der Waals surface area contributed by atoms with Crippen LogP contribution < -0.4 is 15.4 Å².